The molecule has 4 nitrogen and oxygen atoms in total. The molecule has 1 unspecified atom stereocenters. The van der Waals surface area contributed by atoms with E-state index in [1.165, 1.54) is 17.7 Å². The first kappa shape index (κ1) is 15.8. The third-order valence-electron chi connectivity index (χ3n) is 4.93. The van der Waals surface area contributed by atoms with Crippen molar-refractivity contribution in [2.45, 2.75) is 32.4 Å². The molecule has 1 aliphatic rings. The number of carbonyl (C=O) groups is 1. The molecule has 1 aromatic heterocycles. The monoisotopic (exact) mass is 339 g/mol. The van der Waals surface area contributed by atoms with Gasteiger partial charge < -0.3 is 14.8 Å². The largest absolute Gasteiger partial charge is 0.478 e. The van der Waals surface area contributed by atoms with Crippen molar-refractivity contribution in [2.24, 2.45) is 0 Å². The summed E-state index contributed by atoms with van der Waals surface area (Å²) in [6.07, 6.45) is 1.66. The van der Waals surface area contributed by atoms with Gasteiger partial charge in [-0.3, -0.25) is 0 Å². The Balaban J connectivity index is 1.48. The van der Waals surface area contributed by atoms with Gasteiger partial charge in [0.05, 0.1) is 12.1 Å². The molecule has 0 spiro atoms. The van der Waals surface area contributed by atoms with E-state index in [2.05, 4.69) is 5.32 Å². The number of furan rings is 1. The first-order chi connectivity index (χ1) is 12.0. The van der Waals surface area contributed by atoms with Crippen molar-refractivity contribution in [3.63, 3.8) is 0 Å². The van der Waals surface area contributed by atoms with Gasteiger partial charge in [-0.1, -0.05) is 6.07 Å². The molecule has 2 N–H and O–H groups in total. The maximum Gasteiger partial charge on any atom is 0.335 e. The van der Waals surface area contributed by atoms with Crippen LogP contribution in [0.1, 0.15) is 32.8 Å². The fraction of sp³-hybridized carbons (Fsp3) is 0.250. The van der Waals surface area contributed by atoms with Crippen molar-refractivity contribution < 1.29 is 18.7 Å². The molecule has 0 fully saturated rings. The summed E-state index contributed by atoms with van der Waals surface area (Å²) < 4.78 is 19.2. The average molecular weight is 339 g/mol. The van der Waals surface area contributed by atoms with Crippen LogP contribution in [0.15, 0.2) is 40.8 Å². The Bertz CT molecular complexity index is 976. The van der Waals surface area contributed by atoms with E-state index in [1.807, 2.05) is 13.0 Å². The van der Waals surface area contributed by atoms with Gasteiger partial charge in [0.2, 0.25) is 0 Å². The SMILES string of the molecule is Cc1c(CNC2Cc3ccc(C(=O)O)cc3C2)oc2ccc(F)cc12. The maximum atomic E-state index is 13.4. The summed E-state index contributed by atoms with van der Waals surface area (Å²) in [6.45, 7) is 2.50. The van der Waals surface area contributed by atoms with Crippen LogP contribution in [0.3, 0.4) is 0 Å². The van der Waals surface area contributed by atoms with Crippen LogP contribution in [0.2, 0.25) is 0 Å². The summed E-state index contributed by atoms with van der Waals surface area (Å²) in [4.78, 5) is 11.1. The van der Waals surface area contributed by atoms with Crippen molar-refractivity contribution in [1.82, 2.24) is 5.32 Å². The van der Waals surface area contributed by atoms with E-state index < -0.39 is 5.97 Å². The van der Waals surface area contributed by atoms with Gasteiger partial charge in [0.1, 0.15) is 17.2 Å². The minimum atomic E-state index is -0.899. The Labute approximate surface area is 144 Å². The lowest BCUT2D eigenvalue weighted by molar-refractivity contribution is 0.0696. The molecule has 0 saturated carbocycles. The zero-order valence-corrected chi connectivity index (χ0v) is 13.8. The molecule has 5 heteroatoms. The van der Waals surface area contributed by atoms with Gasteiger partial charge in [0, 0.05) is 11.4 Å². The van der Waals surface area contributed by atoms with Crippen LogP contribution in [0, 0.1) is 12.7 Å². The second kappa shape index (κ2) is 6.01. The van der Waals surface area contributed by atoms with Crippen LogP contribution in [0.25, 0.3) is 11.0 Å². The molecule has 0 bridgehead atoms. The fourth-order valence-corrected chi connectivity index (χ4v) is 3.54. The van der Waals surface area contributed by atoms with Gasteiger partial charge in [-0.2, -0.15) is 0 Å². The lowest BCUT2D eigenvalue weighted by Gasteiger charge is -2.10. The molecule has 1 aliphatic carbocycles. The number of nitrogens with one attached hydrogen (secondary N) is 1. The van der Waals surface area contributed by atoms with Crippen molar-refractivity contribution in [3.05, 3.63) is 70.2 Å². The zero-order chi connectivity index (χ0) is 17.6. The van der Waals surface area contributed by atoms with Crippen molar-refractivity contribution in [1.29, 1.82) is 0 Å². The third-order valence-corrected chi connectivity index (χ3v) is 4.93. The second-order valence-corrected chi connectivity index (χ2v) is 6.57. The highest BCUT2D eigenvalue weighted by Crippen LogP contribution is 2.27. The Morgan fingerprint density at radius 3 is 2.84 bits per heavy atom. The highest BCUT2D eigenvalue weighted by Gasteiger charge is 2.23. The molecular formula is C20H18FNO3. The second-order valence-electron chi connectivity index (χ2n) is 6.57. The number of halogens is 1. The molecule has 2 aromatic carbocycles. The molecule has 0 radical (unpaired) electrons. The van der Waals surface area contributed by atoms with Crippen LogP contribution in [-0.2, 0) is 19.4 Å². The lowest BCUT2D eigenvalue weighted by Crippen LogP contribution is -2.29. The molecule has 1 heterocycles. The van der Waals surface area contributed by atoms with E-state index in [4.69, 9.17) is 9.52 Å². The van der Waals surface area contributed by atoms with E-state index in [-0.39, 0.29) is 11.9 Å². The summed E-state index contributed by atoms with van der Waals surface area (Å²) in [5.74, 6) is -0.358. The fourth-order valence-electron chi connectivity index (χ4n) is 3.54. The molecule has 0 amide bonds. The topological polar surface area (TPSA) is 62.5 Å². The number of aryl methyl sites for hydroxylation is 1. The standard InChI is InChI=1S/C20H18FNO3/c1-11-17-9-15(21)4-5-18(17)25-19(11)10-22-16-7-12-2-3-13(20(23)24)6-14(12)8-16/h2-6,9,16,22H,7-8,10H2,1H3,(H,23,24). The van der Waals surface area contributed by atoms with E-state index in [0.29, 0.717) is 17.7 Å². The molecule has 0 aliphatic heterocycles. The average Bonchev–Trinajstić information content (AvgIpc) is 3.13. The van der Waals surface area contributed by atoms with Crippen molar-refractivity contribution >= 4 is 16.9 Å². The summed E-state index contributed by atoms with van der Waals surface area (Å²) in [5, 5.41) is 13.4. The van der Waals surface area contributed by atoms with Gasteiger partial charge in [-0.05, 0) is 66.8 Å². The first-order valence-corrected chi connectivity index (χ1v) is 8.27. The number of hydrogen-bond acceptors (Lipinski definition) is 3. The highest BCUT2D eigenvalue weighted by molar-refractivity contribution is 5.88. The number of carboxylic acid groups (broad SMARTS) is 1. The Hall–Kier alpha value is -2.66. The number of hydrogen-bond donors (Lipinski definition) is 2. The Kier molecular flexibility index (Phi) is 3.81. The van der Waals surface area contributed by atoms with Crippen LogP contribution < -0.4 is 5.32 Å². The van der Waals surface area contributed by atoms with Gasteiger partial charge in [0.15, 0.2) is 0 Å². The minimum absolute atomic E-state index is 0.239. The van der Waals surface area contributed by atoms with Crippen LogP contribution in [-0.4, -0.2) is 17.1 Å². The number of rotatable bonds is 4. The smallest absolute Gasteiger partial charge is 0.335 e. The normalized spacial score (nSPS) is 16.3. The predicted octanol–water partition coefficient (Wildman–Crippen LogP) is 3.84. The van der Waals surface area contributed by atoms with Gasteiger partial charge in [0.25, 0.3) is 0 Å². The number of benzene rings is 2. The van der Waals surface area contributed by atoms with Gasteiger partial charge in [-0.15, -0.1) is 0 Å². The number of fused-ring (bicyclic) bond motifs is 2. The first-order valence-electron chi connectivity index (χ1n) is 8.27. The van der Waals surface area contributed by atoms with E-state index >= 15 is 0 Å². The van der Waals surface area contributed by atoms with Crippen molar-refractivity contribution in [3.8, 4) is 0 Å². The minimum Gasteiger partial charge on any atom is -0.478 e. The molecule has 1 atom stereocenters. The molecule has 0 saturated heterocycles. The molecule has 3 aromatic rings. The van der Waals surface area contributed by atoms with Crippen LogP contribution >= 0.6 is 0 Å². The third kappa shape index (κ3) is 2.91. The number of carboxylic acids is 1. The quantitative estimate of drug-likeness (QED) is 0.758. The molecule has 128 valence electrons. The lowest BCUT2D eigenvalue weighted by atomic mass is 10.1. The zero-order valence-electron chi connectivity index (χ0n) is 13.8. The van der Waals surface area contributed by atoms with Crippen molar-refractivity contribution in [2.75, 3.05) is 0 Å². The molecule has 25 heavy (non-hydrogen) atoms. The number of aromatic carboxylic acids is 1. The summed E-state index contributed by atoms with van der Waals surface area (Å²) in [5.41, 5.74) is 4.24. The van der Waals surface area contributed by atoms with Crippen LogP contribution in [0.5, 0.6) is 0 Å². The van der Waals surface area contributed by atoms with Gasteiger partial charge in [-0.25, -0.2) is 9.18 Å². The highest BCUT2D eigenvalue weighted by atomic mass is 19.1. The van der Waals surface area contributed by atoms with Gasteiger partial charge >= 0.3 is 5.97 Å². The summed E-state index contributed by atoms with van der Waals surface area (Å²) in [6, 6.07) is 10.1. The van der Waals surface area contributed by atoms with E-state index in [1.54, 1.807) is 18.2 Å². The Morgan fingerprint density at radius 2 is 2.04 bits per heavy atom. The molecular weight excluding hydrogens is 321 g/mol. The maximum absolute atomic E-state index is 13.4. The van der Waals surface area contributed by atoms with E-state index in [0.717, 1.165) is 35.1 Å². The molecule has 4 rings (SSSR count). The Morgan fingerprint density at radius 1 is 1.24 bits per heavy atom. The summed E-state index contributed by atoms with van der Waals surface area (Å²) >= 11 is 0. The predicted molar refractivity (Wildman–Crippen MR) is 92.3 cm³/mol. The van der Waals surface area contributed by atoms with Crippen LogP contribution in [0.4, 0.5) is 4.39 Å². The summed E-state index contributed by atoms with van der Waals surface area (Å²) in [7, 11) is 0. The van der Waals surface area contributed by atoms with E-state index in [9.17, 15) is 9.18 Å².